The molecule has 0 radical (unpaired) electrons. The highest BCUT2D eigenvalue weighted by Crippen LogP contribution is 2.26. The number of hydrogen-bond donors (Lipinski definition) is 0. The normalized spacial score (nSPS) is 11.4. The minimum atomic E-state index is 0.143. The van der Waals surface area contributed by atoms with E-state index >= 15 is 0 Å². The van der Waals surface area contributed by atoms with E-state index in [0.717, 1.165) is 34.6 Å². The van der Waals surface area contributed by atoms with Gasteiger partial charge in [0.05, 0.1) is 5.39 Å². The van der Waals surface area contributed by atoms with Crippen LogP contribution < -0.4 is 5.56 Å². The van der Waals surface area contributed by atoms with Crippen LogP contribution in [0.1, 0.15) is 55.3 Å². The molecule has 0 aliphatic carbocycles. The Morgan fingerprint density at radius 1 is 1.10 bits per heavy atom. The van der Waals surface area contributed by atoms with Crippen molar-refractivity contribution >= 4 is 21.6 Å². The Hall–Kier alpha value is -1.16. The first-order valence-electron chi connectivity index (χ1n) is 7.53. The van der Waals surface area contributed by atoms with E-state index < -0.39 is 0 Å². The molecule has 3 nitrogen and oxygen atoms in total. The number of hydrogen-bond acceptors (Lipinski definition) is 3. The summed E-state index contributed by atoms with van der Waals surface area (Å²) in [7, 11) is 0. The minimum Gasteiger partial charge on any atom is -0.296 e. The molecule has 20 heavy (non-hydrogen) atoms. The summed E-state index contributed by atoms with van der Waals surface area (Å²) in [6.45, 7) is 9.04. The first-order valence-corrected chi connectivity index (χ1v) is 8.35. The number of unbranched alkanes of at least 4 members (excludes halogenated alkanes) is 4. The molecule has 0 aromatic carbocycles. The van der Waals surface area contributed by atoms with Crippen LogP contribution in [-0.2, 0) is 6.54 Å². The van der Waals surface area contributed by atoms with Gasteiger partial charge in [-0.1, -0.05) is 32.6 Å². The van der Waals surface area contributed by atoms with Gasteiger partial charge in [0.25, 0.3) is 5.56 Å². The smallest absolute Gasteiger partial charge is 0.262 e. The van der Waals surface area contributed by atoms with Crippen molar-refractivity contribution in [3.05, 3.63) is 26.6 Å². The molecule has 0 N–H and O–H groups in total. The molecule has 0 aliphatic rings. The zero-order chi connectivity index (χ0) is 14.7. The van der Waals surface area contributed by atoms with Crippen molar-refractivity contribution in [1.29, 1.82) is 0 Å². The molecular formula is C16H24N2OS. The van der Waals surface area contributed by atoms with Crippen LogP contribution in [-0.4, -0.2) is 9.55 Å². The highest BCUT2D eigenvalue weighted by atomic mass is 32.1. The van der Waals surface area contributed by atoms with Crippen LogP contribution in [0.5, 0.6) is 0 Å². The second-order valence-electron chi connectivity index (χ2n) is 5.49. The molecule has 2 heterocycles. The minimum absolute atomic E-state index is 0.143. The summed E-state index contributed by atoms with van der Waals surface area (Å²) in [4.78, 5) is 19.3. The number of aromatic nitrogens is 2. The van der Waals surface area contributed by atoms with Crippen LogP contribution in [0.2, 0.25) is 0 Å². The predicted molar refractivity (Wildman–Crippen MR) is 86.9 cm³/mol. The van der Waals surface area contributed by atoms with E-state index in [1.807, 2.05) is 18.4 Å². The third-order valence-corrected chi connectivity index (χ3v) is 5.07. The van der Waals surface area contributed by atoms with Crippen LogP contribution in [0.4, 0.5) is 0 Å². The predicted octanol–water partition coefficient (Wildman–Crippen LogP) is 4.35. The maximum atomic E-state index is 12.6. The lowest BCUT2D eigenvalue weighted by Gasteiger charge is -2.09. The number of thiophene rings is 1. The van der Waals surface area contributed by atoms with Gasteiger partial charge in [-0.15, -0.1) is 11.3 Å². The third kappa shape index (κ3) is 2.95. The zero-order valence-corrected chi connectivity index (χ0v) is 13.8. The van der Waals surface area contributed by atoms with Crippen molar-refractivity contribution in [2.75, 3.05) is 0 Å². The lowest BCUT2D eigenvalue weighted by atomic mass is 10.1. The van der Waals surface area contributed by atoms with Gasteiger partial charge in [-0.2, -0.15) is 0 Å². The first-order chi connectivity index (χ1) is 9.56. The quantitative estimate of drug-likeness (QED) is 0.742. The molecular weight excluding hydrogens is 268 g/mol. The van der Waals surface area contributed by atoms with Gasteiger partial charge in [-0.3, -0.25) is 9.36 Å². The maximum absolute atomic E-state index is 12.6. The Balaban J connectivity index is 2.25. The molecule has 0 fully saturated rings. The fraction of sp³-hybridized carbons (Fsp3) is 0.625. The van der Waals surface area contributed by atoms with E-state index in [1.165, 1.54) is 30.6 Å². The summed E-state index contributed by atoms with van der Waals surface area (Å²) in [6, 6.07) is 0. The molecule has 2 aromatic rings. The van der Waals surface area contributed by atoms with Gasteiger partial charge in [0.1, 0.15) is 10.7 Å². The van der Waals surface area contributed by atoms with Crippen molar-refractivity contribution in [1.82, 2.24) is 9.55 Å². The van der Waals surface area contributed by atoms with E-state index in [1.54, 1.807) is 11.3 Å². The van der Waals surface area contributed by atoms with Crippen LogP contribution in [0, 0.1) is 20.8 Å². The summed E-state index contributed by atoms with van der Waals surface area (Å²) in [6.07, 6.45) is 6.06. The standard InChI is InChI=1S/C16H24N2OS/c1-5-6-7-8-9-10-18-13(4)17-15-14(16(18)19)11(2)12(3)20-15/h5-10H2,1-4H3. The van der Waals surface area contributed by atoms with E-state index in [-0.39, 0.29) is 5.56 Å². The van der Waals surface area contributed by atoms with Gasteiger partial charge >= 0.3 is 0 Å². The molecule has 0 amide bonds. The SMILES string of the molecule is CCCCCCCn1c(C)nc2sc(C)c(C)c2c1=O. The van der Waals surface area contributed by atoms with E-state index in [4.69, 9.17) is 0 Å². The topological polar surface area (TPSA) is 34.9 Å². The highest BCUT2D eigenvalue weighted by molar-refractivity contribution is 7.18. The van der Waals surface area contributed by atoms with Gasteiger partial charge < -0.3 is 0 Å². The summed E-state index contributed by atoms with van der Waals surface area (Å²) in [5.41, 5.74) is 1.24. The number of fused-ring (bicyclic) bond motifs is 1. The largest absolute Gasteiger partial charge is 0.296 e. The summed E-state index contributed by atoms with van der Waals surface area (Å²) in [5.74, 6) is 0.847. The Morgan fingerprint density at radius 3 is 2.50 bits per heavy atom. The Labute approximate surface area is 124 Å². The fourth-order valence-corrected chi connectivity index (χ4v) is 3.63. The molecule has 0 saturated carbocycles. The molecule has 0 atom stereocenters. The van der Waals surface area contributed by atoms with E-state index in [0.29, 0.717) is 0 Å². The monoisotopic (exact) mass is 292 g/mol. The maximum Gasteiger partial charge on any atom is 0.262 e. The molecule has 110 valence electrons. The summed E-state index contributed by atoms with van der Waals surface area (Å²) >= 11 is 1.63. The molecule has 2 aromatic heterocycles. The number of rotatable bonds is 6. The summed E-state index contributed by atoms with van der Waals surface area (Å²) < 4.78 is 1.85. The Morgan fingerprint density at radius 2 is 1.80 bits per heavy atom. The van der Waals surface area contributed by atoms with Crippen LogP contribution in [0.15, 0.2) is 4.79 Å². The molecule has 0 spiro atoms. The van der Waals surface area contributed by atoms with Gasteiger partial charge in [0.15, 0.2) is 0 Å². The highest BCUT2D eigenvalue weighted by Gasteiger charge is 2.14. The van der Waals surface area contributed by atoms with Gasteiger partial charge in [-0.25, -0.2) is 4.98 Å². The van der Waals surface area contributed by atoms with Crippen LogP contribution in [0.3, 0.4) is 0 Å². The van der Waals surface area contributed by atoms with Crippen molar-refractivity contribution in [2.24, 2.45) is 0 Å². The average Bonchev–Trinajstić information content (AvgIpc) is 2.68. The second kappa shape index (κ2) is 6.53. The number of aryl methyl sites for hydroxylation is 3. The number of nitrogens with zero attached hydrogens (tertiary/aromatic N) is 2. The third-order valence-electron chi connectivity index (χ3n) is 3.96. The van der Waals surface area contributed by atoms with E-state index in [2.05, 4.69) is 18.8 Å². The molecule has 0 aliphatic heterocycles. The van der Waals surface area contributed by atoms with Crippen molar-refractivity contribution in [3.8, 4) is 0 Å². The second-order valence-corrected chi connectivity index (χ2v) is 6.70. The van der Waals surface area contributed by atoms with Crippen molar-refractivity contribution in [2.45, 2.75) is 66.3 Å². The zero-order valence-electron chi connectivity index (χ0n) is 13.0. The van der Waals surface area contributed by atoms with Gasteiger partial charge in [-0.05, 0) is 32.8 Å². The lowest BCUT2D eigenvalue weighted by molar-refractivity contribution is 0.546. The molecule has 0 saturated heterocycles. The van der Waals surface area contributed by atoms with Gasteiger partial charge in [0, 0.05) is 11.4 Å². The average molecular weight is 292 g/mol. The fourth-order valence-electron chi connectivity index (χ4n) is 2.57. The van der Waals surface area contributed by atoms with Crippen LogP contribution in [0.25, 0.3) is 10.2 Å². The molecule has 0 unspecified atom stereocenters. The lowest BCUT2D eigenvalue weighted by Crippen LogP contribution is -2.23. The van der Waals surface area contributed by atoms with Crippen LogP contribution >= 0.6 is 11.3 Å². The Bertz CT molecular complexity index is 655. The Kier molecular flexibility index (Phi) is 4.97. The summed E-state index contributed by atoms with van der Waals surface area (Å²) in [5, 5.41) is 0.826. The molecule has 0 bridgehead atoms. The van der Waals surface area contributed by atoms with Gasteiger partial charge in [0.2, 0.25) is 0 Å². The first kappa shape index (κ1) is 15.2. The van der Waals surface area contributed by atoms with Crippen molar-refractivity contribution in [3.63, 3.8) is 0 Å². The van der Waals surface area contributed by atoms with Crippen molar-refractivity contribution < 1.29 is 0 Å². The molecule has 2 rings (SSSR count). The molecule has 4 heteroatoms. The van der Waals surface area contributed by atoms with E-state index in [9.17, 15) is 4.79 Å².